The van der Waals surface area contributed by atoms with Crippen LogP contribution in [0.4, 0.5) is 5.82 Å². The number of nitrogens with zero attached hydrogens (tertiary/aromatic N) is 4. The second-order valence-electron chi connectivity index (χ2n) is 7.61. The molecule has 0 bridgehead atoms. The van der Waals surface area contributed by atoms with Crippen LogP contribution in [-0.2, 0) is 11.3 Å². The Morgan fingerprint density at radius 1 is 1.00 bits per heavy atom. The molecule has 2 aromatic heterocycles. The van der Waals surface area contributed by atoms with Gasteiger partial charge in [0.15, 0.2) is 11.4 Å². The molecule has 0 saturated carbocycles. The Morgan fingerprint density at radius 3 is 2.43 bits per heavy atom. The number of fused-ring (bicyclic) bond motifs is 4. The van der Waals surface area contributed by atoms with E-state index in [1.807, 2.05) is 54.0 Å². The van der Waals surface area contributed by atoms with E-state index in [4.69, 9.17) is 19.7 Å². The number of aliphatic imine (C=N–C) groups is 1. The third kappa shape index (κ3) is 3.00. The fourth-order valence-corrected chi connectivity index (χ4v) is 4.13. The van der Waals surface area contributed by atoms with Gasteiger partial charge in [-0.15, -0.1) is 0 Å². The van der Waals surface area contributed by atoms with Crippen LogP contribution in [0.3, 0.4) is 0 Å². The number of para-hydroxylation sites is 2. The van der Waals surface area contributed by atoms with Gasteiger partial charge in [0.1, 0.15) is 11.3 Å². The molecule has 0 saturated heterocycles. The predicted molar refractivity (Wildman–Crippen MR) is 118 cm³/mol. The average molecular weight is 398 g/mol. The summed E-state index contributed by atoms with van der Waals surface area (Å²) in [7, 11) is 1.65. The van der Waals surface area contributed by atoms with Gasteiger partial charge in [0.05, 0.1) is 29.1 Å². The smallest absolute Gasteiger partial charge is 0.177 e. The lowest BCUT2D eigenvalue weighted by atomic mass is 9.89. The van der Waals surface area contributed by atoms with Crippen molar-refractivity contribution in [1.29, 1.82) is 0 Å². The van der Waals surface area contributed by atoms with Crippen LogP contribution in [-0.4, -0.2) is 39.7 Å². The first-order valence-electron chi connectivity index (χ1n) is 10.1. The van der Waals surface area contributed by atoms with E-state index < -0.39 is 0 Å². The fraction of sp³-hybridized carbons (Fsp3) is 0.250. The number of carbonyl (C=O) groups excluding carboxylic acids is 1. The zero-order valence-electron chi connectivity index (χ0n) is 17.0. The first-order chi connectivity index (χ1) is 14.7. The van der Waals surface area contributed by atoms with Gasteiger partial charge in [-0.25, -0.2) is 15.0 Å². The van der Waals surface area contributed by atoms with E-state index in [0.29, 0.717) is 42.1 Å². The monoisotopic (exact) mass is 398 g/mol. The molecule has 30 heavy (non-hydrogen) atoms. The number of ketones is 1. The van der Waals surface area contributed by atoms with Crippen LogP contribution in [0.15, 0.2) is 59.6 Å². The van der Waals surface area contributed by atoms with Crippen molar-refractivity contribution in [3.63, 3.8) is 0 Å². The third-order valence-electron chi connectivity index (χ3n) is 5.67. The maximum atomic E-state index is 13.5. The summed E-state index contributed by atoms with van der Waals surface area (Å²) in [5.41, 5.74) is 5.41. The zero-order chi connectivity index (χ0) is 20.7. The molecule has 1 aliphatic rings. The number of hydrogen-bond donors (Lipinski definition) is 0. The molecule has 0 unspecified atom stereocenters. The van der Waals surface area contributed by atoms with E-state index in [-0.39, 0.29) is 11.7 Å². The van der Waals surface area contributed by atoms with Crippen LogP contribution in [0.1, 0.15) is 29.3 Å². The van der Waals surface area contributed by atoms with Crippen LogP contribution >= 0.6 is 0 Å². The highest BCUT2D eigenvalue weighted by Crippen LogP contribution is 2.38. The second-order valence-corrected chi connectivity index (χ2v) is 7.61. The minimum absolute atomic E-state index is 0.0518. The zero-order valence-corrected chi connectivity index (χ0v) is 17.0. The summed E-state index contributed by atoms with van der Waals surface area (Å²) in [6.07, 6.45) is 0.608. The van der Waals surface area contributed by atoms with Gasteiger partial charge < -0.3 is 9.30 Å². The lowest BCUT2D eigenvalue weighted by Crippen LogP contribution is -2.27. The van der Waals surface area contributed by atoms with Crippen LogP contribution in [0, 0.1) is 5.92 Å². The largest absolute Gasteiger partial charge is 0.385 e. The van der Waals surface area contributed by atoms with Gasteiger partial charge in [-0.3, -0.25) is 4.79 Å². The topological polar surface area (TPSA) is 69.4 Å². The summed E-state index contributed by atoms with van der Waals surface area (Å²) in [5.74, 6) is 0.415. The minimum atomic E-state index is -0.290. The molecule has 1 atom stereocenters. The number of benzene rings is 2. The lowest BCUT2D eigenvalue weighted by molar-refractivity contribution is 0.0925. The number of rotatable bonds is 5. The average Bonchev–Trinajstić information content (AvgIpc) is 3.05. The number of aromatic nitrogens is 3. The Morgan fingerprint density at radius 2 is 1.70 bits per heavy atom. The van der Waals surface area contributed by atoms with Crippen LogP contribution in [0.5, 0.6) is 0 Å². The SMILES string of the molecule is COCC[C@@H]1C(=O)c2c(n(Cc3ccccc3)c3nc4ccccc4nc23)N=C1C. The molecule has 0 radical (unpaired) electrons. The van der Waals surface area contributed by atoms with Gasteiger partial charge in [0, 0.05) is 19.4 Å². The van der Waals surface area contributed by atoms with E-state index in [2.05, 4.69) is 12.1 Å². The number of Topliss-reactive ketones (excluding diaryl/α,β-unsaturated/α-hetero) is 1. The predicted octanol–water partition coefficient (Wildman–Crippen LogP) is 4.57. The summed E-state index contributed by atoms with van der Waals surface area (Å²) in [6.45, 7) is 3.01. The normalized spacial score (nSPS) is 16.1. The van der Waals surface area contributed by atoms with E-state index in [1.165, 1.54) is 0 Å². The molecule has 0 fully saturated rings. The van der Waals surface area contributed by atoms with Crippen molar-refractivity contribution in [3.8, 4) is 0 Å². The highest BCUT2D eigenvalue weighted by Gasteiger charge is 2.35. The number of methoxy groups -OCH3 is 1. The minimum Gasteiger partial charge on any atom is -0.385 e. The molecule has 1 aliphatic heterocycles. The molecule has 5 rings (SSSR count). The van der Waals surface area contributed by atoms with Crippen LogP contribution in [0.25, 0.3) is 22.2 Å². The van der Waals surface area contributed by atoms with Gasteiger partial charge in [-0.05, 0) is 31.0 Å². The highest BCUT2D eigenvalue weighted by molar-refractivity contribution is 6.22. The molecular formula is C24H22N4O2. The molecule has 0 amide bonds. The molecule has 150 valence electrons. The standard InChI is InChI=1S/C24H22N4O2/c1-15-17(12-13-30-2)22(29)20-21-24(27-19-11-7-6-10-18(19)26-21)28(23(20)25-15)14-16-8-4-3-5-9-16/h3-11,17H,12-14H2,1-2H3/t17-/m0/s1. The van der Waals surface area contributed by atoms with Crippen molar-refractivity contribution in [3.05, 3.63) is 65.7 Å². The molecule has 3 heterocycles. The van der Waals surface area contributed by atoms with E-state index in [1.54, 1.807) is 7.11 Å². The molecule has 0 spiro atoms. The summed E-state index contributed by atoms with van der Waals surface area (Å²) >= 11 is 0. The summed E-state index contributed by atoms with van der Waals surface area (Å²) < 4.78 is 7.24. The number of ether oxygens (including phenoxy) is 1. The number of hydrogen-bond acceptors (Lipinski definition) is 5. The molecular weight excluding hydrogens is 376 g/mol. The van der Waals surface area contributed by atoms with Gasteiger partial charge in [-0.1, -0.05) is 42.5 Å². The first-order valence-corrected chi connectivity index (χ1v) is 10.1. The fourth-order valence-electron chi connectivity index (χ4n) is 4.13. The Kier molecular flexibility index (Phi) is 4.64. The summed E-state index contributed by atoms with van der Waals surface area (Å²) in [4.78, 5) is 28.1. The Balaban J connectivity index is 1.77. The van der Waals surface area contributed by atoms with Gasteiger partial charge >= 0.3 is 0 Å². The van der Waals surface area contributed by atoms with Crippen molar-refractivity contribution in [2.75, 3.05) is 13.7 Å². The van der Waals surface area contributed by atoms with E-state index in [9.17, 15) is 4.79 Å². The Bertz CT molecular complexity index is 1290. The van der Waals surface area contributed by atoms with Gasteiger partial charge in [0.25, 0.3) is 0 Å². The van der Waals surface area contributed by atoms with E-state index in [0.717, 1.165) is 22.3 Å². The van der Waals surface area contributed by atoms with Crippen molar-refractivity contribution >= 4 is 39.5 Å². The molecule has 0 N–H and O–H groups in total. The summed E-state index contributed by atoms with van der Waals surface area (Å²) in [6, 6.07) is 17.9. The van der Waals surface area contributed by atoms with Crippen molar-refractivity contribution in [2.24, 2.45) is 10.9 Å². The maximum Gasteiger partial charge on any atom is 0.177 e. The van der Waals surface area contributed by atoms with Crippen LogP contribution in [0.2, 0.25) is 0 Å². The highest BCUT2D eigenvalue weighted by atomic mass is 16.5. The van der Waals surface area contributed by atoms with Gasteiger partial charge in [-0.2, -0.15) is 0 Å². The molecule has 2 aromatic carbocycles. The molecule has 6 nitrogen and oxygen atoms in total. The maximum absolute atomic E-state index is 13.5. The van der Waals surface area contributed by atoms with E-state index >= 15 is 0 Å². The van der Waals surface area contributed by atoms with Gasteiger partial charge in [0.2, 0.25) is 0 Å². The quantitative estimate of drug-likeness (QED) is 0.494. The molecule has 6 heteroatoms. The number of carbonyl (C=O) groups is 1. The van der Waals surface area contributed by atoms with Crippen molar-refractivity contribution in [2.45, 2.75) is 19.9 Å². The Labute approximate surface area is 174 Å². The first kappa shape index (κ1) is 18.6. The van der Waals surface area contributed by atoms with Crippen molar-refractivity contribution in [1.82, 2.24) is 14.5 Å². The van der Waals surface area contributed by atoms with Crippen LogP contribution < -0.4 is 0 Å². The Hall–Kier alpha value is -3.38. The molecule has 0 aliphatic carbocycles. The molecule has 4 aromatic rings. The second kappa shape index (κ2) is 7.46. The third-order valence-corrected chi connectivity index (χ3v) is 5.67. The lowest BCUT2D eigenvalue weighted by Gasteiger charge is -2.20. The summed E-state index contributed by atoms with van der Waals surface area (Å²) in [5, 5.41) is 0. The van der Waals surface area contributed by atoms with Crippen molar-refractivity contribution < 1.29 is 9.53 Å².